The van der Waals surface area contributed by atoms with Crippen LogP contribution in [0, 0.1) is 16.0 Å². The summed E-state index contributed by atoms with van der Waals surface area (Å²) < 4.78 is 15.0. The average molecular weight is 382 g/mol. The summed E-state index contributed by atoms with van der Waals surface area (Å²) in [7, 11) is 2.66. The molecule has 1 aromatic carbocycles. The third-order valence-electron chi connectivity index (χ3n) is 3.84. The van der Waals surface area contributed by atoms with Crippen LogP contribution in [0.15, 0.2) is 12.1 Å². The molecule has 0 aliphatic carbocycles. The summed E-state index contributed by atoms with van der Waals surface area (Å²) in [5.74, 6) is -0.692. The van der Waals surface area contributed by atoms with E-state index in [1.165, 1.54) is 14.2 Å². The summed E-state index contributed by atoms with van der Waals surface area (Å²) in [5.41, 5.74) is -0.818. The van der Waals surface area contributed by atoms with Crippen LogP contribution in [-0.2, 0) is 9.53 Å². The van der Waals surface area contributed by atoms with Crippen LogP contribution < -0.4 is 14.8 Å². The number of amides is 1. The summed E-state index contributed by atoms with van der Waals surface area (Å²) in [6.07, 6.45) is 1.76. The third-order valence-corrected chi connectivity index (χ3v) is 3.84. The Morgan fingerprint density at radius 2 is 1.70 bits per heavy atom. The van der Waals surface area contributed by atoms with Crippen molar-refractivity contribution in [2.45, 2.75) is 39.7 Å². The van der Waals surface area contributed by atoms with Crippen LogP contribution in [-0.4, -0.2) is 43.7 Å². The third kappa shape index (κ3) is 6.76. The van der Waals surface area contributed by atoms with Gasteiger partial charge in [0, 0.05) is 12.1 Å². The predicted octanol–water partition coefficient (Wildman–Crippen LogP) is 2.71. The normalized spacial score (nSPS) is 11.6. The summed E-state index contributed by atoms with van der Waals surface area (Å²) in [5, 5.41) is 14.0. The Morgan fingerprint density at radius 3 is 2.22 bits per heavy atom. The SMILES string of the molecule is COc1cc(C(=O)OCC(=O)N[C@@H](C)CCC(C)C)c([N+](=O)[O-])cc1OC. The number of nitrogens with one attached hydrogen (secondary N) is 1. The molecule has 150 valence electrons. The van der Waals surface area contributed by atoms with Crippen LogP contribution in [0.25, 0.3) is 0 Å². The number of nitro benzene ring substituents is 1. The van der Waals surface area contributed by atoms with Crippen molar-refractivity contribution in [3.63, 3.8) is 0 Å². The number of carbonyl (C=O) groups excluding carboxylic acids is 2. The molecule has 1 amide bonds. The number of hydrogen-bond acceptors (Lipinski definition) is 7. The number of benzene rings is 1. The molecule has 0 saturated heterocycles. The molecule has 1 atom stereocenters. The first-order valence-corrected chi connectivity index (χ1v) is 8.56. The largest absolute Gasteiger partial charge is 0.493 e. The Kier molecular flexibility index (Phi) is 8.50. The van der Waals surface area contributed by atoms with Gasteiger partial charge < -0.3 is 19.5 Å². The maximum atomic E-state index is 12.2. The van der Waals surface area contributed by atoms with Crippen molar-refractivity contribution in [1.29, 1.82) is 0 Å². The maximum Gasteiger partial charge on any atom is 0.345 e. The van der Waals surface area contributed by atoms with Crippen LogP contribution in [0.2, 0.25) is 0 Å². The van der Waals surface area contributed by atoms with E-state index in [0.29, 0.717) is 5.92 Å². The van der Waals surface area contributed by atoms with E-state index in [2.05, 4.69) is 19.2 Å². The van der Waals surface area contributed by atoms with Crippen molar-refractivity contribution in [2.24, 2.45) is 5.92 Å². The van der Waals surface area contributed by atoms with E-state index in [1.807, 2.05) is 6.92 Å². The highest BCUT2D eigenvalue weighted by Crippen LogP contribution is 2.34. The van der Waals surface area contributed by atoms with Crippen LogP contribution in [0.3, 0.4) is 0 Å². The molecule has 0 spiro atoms. The molecule has 9 nitrogen and oxygen atoms in total. The van der Waals surface area contributed by atoms with E-state index in [0.717, 1.165) is 25.0 Å². The van der Waals surface area contributed by atoms with Gasteiger partial charge in [-0.1, -0.05) is 13.8 Å². The van der Waals surface area contributed by atoms with Gasteiger partial charge in [-0.05, 0) is 25.7 Å². The van der Waals surface area contributed by atoms with E-state index in [1.54, 1.807) is 0 Å². The zero-order valence-corrected chi connectivity index (χ0v) is 16.2. The molecule has 0 heterocycles. The summed E-state index contributed by atoms with van der Waals surface area (Å²) in [6, 6.07) is 2.17. The molecule has 27 heavy (non-hydrogen) atoms. The van der Waals surface area contributed by atoms with Crippen molar-refractivity contribution in [3.8, 4) is 11.5 Å². The topological polar surface area (TPSA) is 117 Å². The standard InChI is InChI=1S/C18H26N2O7/c1-11(2)6-7-12(3)19-17(21)10-27-18(22)13-8-15(25-4)16(26-5)9-14(13)20(23)24/h8-9,11-12H,6-7,10H2,1-5H3,(H,19,21)/t12-/m0/s1. The lowest BCUT2D eigenvalue weighted by atomic mass is 10.0. The molecule has 0 unspecified atom stereocenters. The second-order valence-electron chi connectivity index (χ2n) is 6.50. The molecule has 0 bridgehead atoms. The number of rotatable bonds is 10. The molecule has 0 saturated carbocycles. The van der Waals surface area contributed by atoms with Crippen LogP contribution >= 0.6 is 0 Å². The molecule has 0 aliphatic rings. The Morgan fingerprint density at radius 1 is 1.11 bits per heavy atom. The molecule has 0 fully saturated rings. The van der Waals surface area contributed by atoms with Gasteiger partial charge >= 0.3 is 5.97 Å². The summed E-state index contributed by atoms with van der Waals surface area (Å²) >= 11 is 0. The van der Waals surface area contributed by atoms with E-state index in [9.17, 15) is 19.7 Å². The lowest BCUT2D eigenvalue weighted by Crippen LogP contribution is -2.36. The van der Waals surface area contributed by atoms with Crippen molar-refractivity contribution >= 4 is 17.6 Å². The molecule has 1 rings (SSSR count). The first-order chi connectivity index (χ1) is 12.7. The zero-order chi connectivity index (χ0) is 20.6. The second kappa shape index (κ2) is 10.3. The Balaban J connectivity index is 2.79. The fourth-order valence-electron chi connectivity index (χ4n) is 2.36. The number of carbonyl (C=O) groups is 2. The van der Waals surface area contributed by atoms with Gasteiger partial charge in [-0.3, -0.25) is 14.9 Å². The van der Waals surface area contributed by atoms with Crippen molar-refractivity contribution in [2.75, 3.05) is 20.8 Å². The Bertz CT molecular complexity index is 689. The average Bonchev–Trinajstić information content (AvgIpc) is 2.62. The van der Waals surface area contributed by atoms with Crippen molar-refractivity contribution in [3.05, 3.63) is 27.8 Å². The number of nitro groups is 1. The van der Waals surface area contributed by atoms with Gasteiger partial charge in [0.15, 0.2) is 18.1 Å². The second-order valence-corrected chi connectivity index (χ2v) is 6.50. The van der Waals surface area contributed by atoms with Gasteiger partial charge in [0.2, 0.25) is 0 Å². The van der Waals surface area contributed by atoms with E-state index in [4.69, 9.17) is 14.2 Å². The minimum atomic E-state index is -0.993. The van der Waals surface area contributed by atoms with Crippen LogP contribution in [0.1, 0.15) is 44.0 Å². The minimum Gasteiger partial charge on any atom is -0.493 e. The minimum absolute atomic E-state index is 0.0611. The summed E-state index contributed by atoms with van der Waals surface area (Å²) in [6.45, 7) is 5.51. The Labute approximate surface area is 158 Å². The first-order valence-electron chi connectivity index (χ1n) is 8.56. The number of esters is 1. The monoisotopic (exact) mass is 382 g/mol. The number of nitrogens with zero attached hydrogens (tertiary/aromatic N) is 1. The fraction of sp³-hybridized carbons (Fsp3) is 0.556. The van der Waals surface area contributed by atoms with E-state index >= 15 is 0 Å². The predicted molar refractivity (Wildman–Crippen MR) is 98.2 cm³/mol. The molecule has 1 aromatic rings. The molecule has 0 radical (unpaired) electrons. The number of hydrogen-bond donors (Lipinski definition) is 1. The first kappa shape index (κ1) is 22.2. The van der Waals surface area contributed by atoms with Gasteiger partial charge in [-0.2, -0.15) is 0 Å². The van der Waals surface area contributed by atoms with E-state index in [-0.39, 0.29) is 23.1 Å². The van der Waals surface area contributed by atoms with Crippen LogP contribution in [0.5, 0.6) is 11.5 Å². The molecular formula is C18H26N2O7. The number of methoxy groups -OCH3 is 2. The lowest BCUT2D eigenvalue weighted by Gasteiger charge is -2.15. The highest BCUT2D eigenvalue weighted by molar-refractivity contribution is 5.96. The Hall–Kier alpha value is -2.84. The van der Waals surface area contributed by atoms with Gasteiger partial charge in [0.25, 0.3) is 11.6 Å². The molecular weight excluding hydrogens is 356 g/mol. The lowest BCUT2D eigenvalue weighted by molar-refractivity contribution is -0.385. The van der Waals surface area contributed by atoms with Gasteiger partial charge in [-0.15, -0.1) is 0 Å². The highest BCUT2D eigenvalue weighted by atomic mass is 16.6. The molecule has 9 heteroatoms. The van der Waals surface area contributed by atoms with Gasteiger partial charge in [0.05, 0.1) is 25.2 Å². The van der Waals surface area contributed by atoms with E-state index < -0.39 is 29.1 Å². The van der Waals surface area contributed by atoms with Gasteiger partial charge in [-0.25, -0.2) is 4.79 Å². The van der Waals surface area contributed by atoms with Crippen molar-refractivity contribution in [1.82, 2.24) is 5.32 Å². The molecule has 0 aromatic heterocycles. The fourth-order valence-corrected chi connectivity index (χ4v) is 2.36. The zero-order valence-electron chi connectivity index (χ0n) is 16.2. The maximum absolute atomic E-state index is 12.2. The van der Waals surface area contributed by atoms with Crippen molar-refractivity contribution < 1.29 is 28.7 Å². The van der Waals surface area contributed by atoms with Gasteiger partial charge in [0.1, 0.15) is 5.56 Å². The van der Waals surface area contributed by atoms with Crippen LogP contribution in [0.4, 0.5) is 5.69 Å². The highest BCUT2D eigenvalue weighted by Gasteiger charge is 2.26. The molecule has 1 N–H and O–H groups in total. The molecule has 0 aliphatic heterocycles. The quantitative estimate of drug-likeness (QED) is 0.375. The summed E-state index contributed by atoms with van der Waals surface area (Å²) in [4.78, 5) is 34.6. The number of ether oxygens (including phenoxy) is 3. The smallest absolute Gasteiger partial charge is 0.345 e.